The second kappa shape index (κ2) is 10.9. The van der Waals surface area contributed by atoms with E-state index in [9.17, 15) is 30.8 Å². The van der Waals surface area contributed by atoms with Crippen molar-refractivity contribution < 1.29 is 35.2 Å². The number of aromatic nitrogens is 2. The first kappa shape index (κ1) is 28.7. The Bertz CT molecular complexity index is 1700. The van der Waals surface area contributed by atoms with E-state index in [0.717, 1.165) is 16.4 Å². The van der Waals surface area contributed by atoms with Crippen molar-refractivity contribution in [1.82, 2.24) is 14.3 Å². The number of alkyl halides is 3. The molecule has 4 aromatic rings. The summed E-state index contributed by atoms with van der Waals surface area (Å²) in [5.41, 5.74) is 0.774. The van der Waals surface area contributed by atoms with Crippen LogP contribution in [0, 0.1) is 5.82 Å². The van der Waals surface area contributed by atoms with Crippen LogP contribution in [0.1, 0.15) is 30.5 Å². The van der Waals surface area contributed by atoms with E-state index >= 15 is 0 Å². The molecule has 3 heterocycles. The second-order valence-corrected chi connectivity index (χ2v) is 11.8. The third kappa shape index (κ3) is 5.96. The van der Waals surface area contributed by atoms with Crippen molar-refractivity contribution in [1.29, 1.82) is 0 Å². The first-order valence-electron chi connectivity index (χ1n) is 12.8. The van der Waals surface area contributed by atoms with E-state index in [1.165, 1.54) is 36.4 Å². The Morgan fingerprint density at radius 1 is 1.07 bits per heavy atom. The summed E-state index contributed by atoms with van der Waals surface area (Å²) in [7, 11) is -0.721. The molecule has 0 amide bonds. The molecule has 2 aromatic carbocycles. The highest BCUT2D eigenvalue weighted by molar-refractivity contribution is 7.89. The highest BCUT2D eigenvalue weighted by Gasteiger charge is 2.40. The number of rotatable bonds is 8. The molecule has 1 unspecified atom stereocenters. The fourth-order valence-electron chi connectivity index (χ4n) is 4.79. The van der Waals surface area contributed by atoms with E-state index < -0.39 is 33.6 Å². The number of halogens is 4. The van der Waals surface area contributed by atoms with Crippen LogP contribution in [0.15, 0.2) is 64.1 Å². The average Bonchev–Trinajstić information content (AvgIpc) is 3.59. The van der Waals surface area contributed by atoms with Crippen LogP contribution < -0.4 is 4.90 Å². The van der Waals surface area contributed by atoms with Crippen LogP contribution in [-0.4, -0.2) is 55.2 Å². The van der Waals surface area contributed by atoms with Crippen molar-refractivity contribution in [3.63, 3.8) is 0 Å². The molecule has 1 fully saturated rings. The van der Waals surface area contributed by atoms with E-state index in [1.54, 1.807) is 25.1 Å². The largest absolute Gasteiger partial charge is 0.443 e. The summed E-state index contributed by atoms with van der Waals surface area (Å²) >= 11 is 0. The lowest BCUT2D eigenvalue weighted by atomic mass is 10.0. The van der Waals surface area contributed by atoms with E-state index in [2.05, 4.69) is 9.97 Å². The van der Waals surface area contributed by atoms with Crippen molar-refractivity contribution in [2.24, 2.45) is 0 Å². The van der Waals surface area contributed by atoms with Gasteiger partial charge < -0.3 is 9.32 Å². The molecule has 1 atom stereocenters. The molecule has 1 aliphatic heterocycles. The maximum absolute atomic E-state index is 13.6. The Morgan fingerprint density at radius 3 is 2.49 bits per heavy atom. The normalized spacial score (nSPS) is 16.4. The molecule has 216 valence electrons. The van der Waals surface area contributed by atoms with E-state index in [1.807, 2.05) is 0 Å². The molecular formula is C28H26F4N4O4S. The number of nitrogens with zero attached hydrogens (tertiary/aromatic N) is 4. The fraction of sp³-hybridized carbons (Fsp3) is 0.321. The standard InChI is InChI=1S/C28H26F4N4O4S/c1-35(2)27-33-21(16-22(34-27)17-5-7-19(8-6-17)28(30,31)32)10-11-24(37)23-4-3-13-36(23)41(38,39)26-15-18-14-20(29)9-12-25(18)40-26/h5-9,12,14-16,23H,3-4,10-11,13H2,1-2H3. The summed E-state index contributed by atoms with van der Waals surface area (Å²) in [6.45, 7) is 0.139. The zero-order valence-electron chi connectivity index (χ0n) is 22.2. The van der Waals surface area contributed by atoms with Gasteiger partial charge in [-0.2, -0.15) is 17.5 Å². The minimum absolute atomic E-state index is 0.0155. The Balaban J connectivity index is 1.34. The number of anilines is 1. The number of hydrogen-bond acceptors (Lipinski definition) is 7. The summed E-state index contributed by atoms with van der Waals surface area (Å²) < 4.78 is 85.9. The summed E-state index contributed by atoms with van der Waals surface area (Å²) in [5.74, 6) is -0.509. The van der Waals surface area contributed by atoms with Gasteiger partial charge in [0.25, 0.3) is 10.0 Å². The van der Waals surface area contributed by atoms with Crippen molar-refractivity contribution >= 4 is 32.7 Å². The molecule has 0 saturated carbocycles. The van der Waals surface area contributed by atoms with Gasteiger partial charge >= 0.3 is 6.18 Å². The number of ketones is 1. The van der Waals surface area contributed by atoms with Crippen LogP contribution in [-0.2, 0) is 27.4 Å². The van der Waals surface area contributed by atoms with Gasteiger partial charge in [0.05, 0.1) is 17.3 Å². The molecule has 2 aromatic heterocycles. The van der Waals surface area contributed by atoms with Gasteiger partial charge in [-0.15, -0.1) is 0 Å². The predicted molar refractivity (Wildman–Crippen MR) is 143 cm³/mol. The van der Waals surface area contributed by atoms with Gasteiger partial charge in [0.15, 0.2) is 5.78 Å². The molecule has 0 N–H and O–H groups in total. The summed E-state index contributed by atoms with van der Waals surface area (Å²) in [6.07, 6.45) is -3.48. The van der Waals surface area contributed by atoms with Crippen molar-refractivity contribution in [3.05, 3.63) is 71.7 Å². The number of Topliss-reactive ketones (excluding diaryl/α,β-unsaturated/α-hetero) is 1. The van der Waals surface area contributed by atoms with Gasteiger partial charge in [-0.05, 0) is 55.7 Å². The number of carbonyl (C=O) groups excluding carboxylic acids is 1. The number of sulfonamides is 1. The molecule has 0 aliphatic carbocycles. The first-order valence-corrected chi connectivity index (χ1v) is 14.2. The third-order valence-electron chi connectivity index (χ3n) is 6.90. The number of benzene rings is 2. The molecule has 0 radical (unpaired) electrons. The lowest BCUT2D eigenvalue weighted by Crippen LogP contribution is -2.40. The topological polar surface area (TPSA) is 96.6 Å². The maximum atomic E-state index is 13.6. The van der Waals surface area contributed by atoms with Crippen molar-refractivity contribution in [2.45, 2.75) is 43.0 Å². The molecule has 0 bridgehead atoms. The minimum Gasteiger partial charge on any atom is -0.443 e. The summed E-state index contributed by atoms with van der Waals surface area (Å²) in [5, 5.41) is -0.0552. The monoisotopic (exact) mass is 590 g/mol. The Hall–Kier alpha value is -3.84. The number of carbonyl (C=O) groups is 1. The molecule has 1 saturated heterocycles. The SMILES string of the molecule is CN(C)c1nc(CCC(=O)C2CCCN2S(=O)(=O)c2cc3cc(F)ccc3o2)cc(-c2ccc(C(F)(F)F)cc2)n1. The van der Waals surface area contributed by atoms with Gasteiger partial charge in [-0.1, -0.05) is 12.1 Å². The van der Waals surface area contributed by atoms with Gasteiger partial charge in [0.1, 0.15) is 11.4 Å². The van der Waals surface area contributed by atoms with Gasteiger partial charge in [0.2, 0.25) is 11.0 Å². The third-order valence-corrected chi connectivity index (χ3v) is 8.66. The van der Waals surface area contributed by atoms with E-state index in [-0.39, 0.29) is 35.8 Å². The van der Waals surface area contributed by atoms with E-state index in [0.29, 0.717) is 41.1 Å². The predicted octanol–water partition coefficient (Wildman–Crippen LogP) is 5.47. The molecule has 0 spiro atoms. The van der Waals surface area contributed by atoms with Crippen LogP contribution in [0.25, 0.3) is 22.2 Å². The quantitative estimate of drug-likeness (QED) is 0.251. The van der Waals surface area contributed by atoms with Crippen molar-refractivity contribution in [3.8, 4) is 11.3 Å². The van der Waals surface area contributed by atoms with Crippen LogP contribution in [0.5, 0.6) is 0 Å². The van der Waals surface area contributed by atoms with Crippen LogP contribution in [0.4, 0.5) is 23.5 Å². The maximum Gasteiger partial charge on any atom is 0.416 e. The van der Waals surface area contributed by atoms with Crippen LogP contribution >= 0.6 is 0 Å². The number of fused-ring (bicyclic) bond motifs is 1. The van der Waals surface area contributed by atoms with Gasteiger partial charge in [-0.25, -0.2) is 22.8 Å². The van der Waals surface area contributed by atoms with E-state index in [4.69, 9.17) is 4.42 Å². The highest BCUT2D eigenvalue weighted by atomic mass is 32.2. The molecule has 13 heteroatoms. The Morgan fingerprint density at radius 2 is 1.80 bits per heavy atom. The lowest BCUT2D eigenvalue weighted by Gasteiger charge is -2.22. The number of aryl methyl sites for hydroxylation is 1. The zero-order valence-corrected chi connectivity index (χ0v) is 23.0. The van der Waals surface area contributed by atoms with Crippen LogP contribution in [0.3, 0.4) is 0 Å². The molecule has 5 rings (SSSR count). The number of hydrogen-bond donors (Lipinski definition) is 0. The zero-order chi connectivity index (χ0) is 29.5. The molecule has 41 heavy (non-hydrogen) atoms. The molecule has 1 aliphatic rings. The Kier molecular flexibility index (Phi) is 7.60. The average molecular weight is 591 g/mol. The minimum atomic E-state index is -4.46. The van der Waals surface area contributed by atoms with Gasteiger partial charge in [-0.3, -0.25) is 4.79 Å². The van der Waals surface area contributed by atoms with Crippen molar-refractivity contribution in [2.75, 3.05) is 25.5 Å². The smallest absolute Gasteiger partial charge is 0.416 e. The fourth-order valence-corrected chi connectivity index (χ4v) is 6.42. The second-order valence-electron chi connectivity index (χ2n) is 10.0. The highest BCUT2D eigenvalue weighted by Crippen LogP contribution is 2.33. The van der Waals surface area contributed by atoms with Gasteiger partial charge in [0, 0.05) is 49.8 Å². The van der Waals surface area contributed by atoms with Crippen LogP contribution in [0.2, 0.25) is 0 Å². The first-order chi connectivity index (χ1) is 19.3. The molecular weight excluding hydrogens is 564 g/mol. The Labute approximate surface area is 233 Å². The number of furan rings is 1. The lowest BCUT2D eigenvalue weighted by molar-refractivity contribution is -0.137. The molecule has 8 nitrogen and oxygen atoms in total. The summed E-state index contributed by atoms with van der Waals surface area (Å²) in [4.78, 5) is 23.8. The summed E-state index contributed by atoms with van der Waals surface area (Å²) in [6, 6.07) is 10.3.